The molecule has 0 fully saturated rings. The van der Waals surface area contributed by atoms with Crippen molar-refractivity contribution in [3.63, 3.8) is 0 Å². The highest BCUT2D eigenvalue weighted by molar-refractivity contribution is 6.42. The van der Waals surface area contributed by atoms with E-state index in [-0.39, 0.29) is 11.4 Å². The minimum Gasteiger partial charge on any atom is -0.494 e. The summed E-state index contributed by atoms with van der Waals surface area (Å²) in [7, 11) is 0. The van der Waals surface area contributed by atoms with Gasteiger partial charge < -0.3 is 5.11 Å². The van der Waals surface area contributed by atoms with E-state index in [1.54, 1.807) is 36.4 Å². The van der Waals surface area contributed by atoms with Gasteiger partial charge in [-0.25, -0.2) is 4.57 Å². The van der Waals surface area contributed by atoms with Crippen LogP contribution < -0.4 is 5.56 Å². The van der Waals surface area contributed by atoms with Gasteiger partial charge in [0.2, 0.25) is 5.88 Å². The lowest BCUT2D eigenvalue weighted by molar-refractivity contribution is 0.436. The van der Waals surface area contributed by atoms with E-state index in [2.05, 4.69) is 4.99 Å². The van der Waals surface area contributed by atoms with Crippen LogP contribution in [0.25, 0.3) is 16.5 Å². The van der Waals surface area contributed by atoms with Crippen LogP contribution >= 0.6 is 23.2 Å². The van der Waals surface area contributed by atoms with Gasteiger partial charge in [-0.15, -0.1) is 0 Å². The highest BCUT2D eigenvalue weighted by Crippen LogP contribution is 2.29. The quantitative estimate of drug-likeness (QED) is 0.379. The molecule has 0 saturated carbocycles. The lowest BCUT2D eigenvalue weighted by atomic mass is 10.1. The summed E-state index contributed by atoms with van der Waals surface area (Å²) in [6.45, 7) is 3.96. The van der Waals surface area contributed by atoms with Gasteiger partial charge in [0.05, 0.1) is 27.0 Å². The van der Waals surface area contributed by atoms with Crippen molar-refractivity contribution in [1.82, 2.24) is 4.57 Å². The van der Waals surface area contributed by atoms with E-state index in [0.717, 1.165) is 11.1 Å². The molecular weight excluding hydrogens is 419 g/mol. The average molecular weight is 437 g/mol. The van der Waals surface area contributed by atoms with Crippen LogP contribution in [0.5, 0.6) is 5.88 Å². The van der Waals surface area contributed by atoms with Crippen LogP contribution in [0.1, 0.15) is 16.7 Å². The fraction of sp³-hybridized carbons (Fsp3) is 0.0833. The number of nitrogens with zero attached hydrogens (tertiary/aromatic N) is 2. The lowest BCUT2D eigenvalue weighted by Crippen LogP contribution is -2.20. The van der Waals surface area contributed by atoms with Crippen LogP contribution in [0.4, 0.5) is 5.69 Å². The van der Waals surface area contributed by atoms with Crippen molar-refractivity contribution in [3.05, 3.63) is 97.8 Å². The number of fused-ring (bicyclic) bond motifs is 1. The second-order valence-electron chi connectivity index (χ2n) is 7.05. The van der Waals surface area contributed by atoms with E-state index in [1.807, 2.05) is 38.1 Å². The molecule has 0 bridgehead atoms. The summed E-state index contributed by atoms with van der Waals surface area (Å²) in [4.78, 5) is 17.6. The molecule has 0 aliphatic rings. The summed E-state index contributed by atoms with van der Waals surface area (Å²) in [6, 6.07) is 17.8. The van der Waals surface area contributed by atoms with Crippen molar-refractivity contribution in [1.29, 1.82) is 0 Å². The molecule has 30 heavy (non-hydrogen) atoms. The number of hydrogen-bond acceptors (Lipinski definition) is 3. The first-order valence-electron chi connectivity index (χ1n) is 9.30. The van der Waals surface area contributed by atoms with Gasteiger partial charge in [0.25, 0.3) is 5.56 Å². The average Bonchev–Trinajstić information content (AvgIpc) is 2.73. The molecule has 0 atom stereocenters. The molecule has 4 rings (SSSR count). The molecule has 4 nitrogen and oxygen atoms in total. The fourth-order valence-corrected chi connectivity index (χ4v) is 3.59. The first-order chi connectivity index (χ1) is 14.4. The zero-order valence-electron chi connectivity index (χ0n) is 16.4. The van der Waals surface area contributed by atoms with E-state index in [4.69, 9.17) is 23.2 Å². The van der Waals surface area contributed by atoms with Gasteiger partial charge in [0.1, 0.15) is 0 Å². The molecule has 1 N–H and O–H groups in total. The Morgan fingerprint density at radius 1 is 0.900 bits per heavy atom. The van der Waals surface area contributed by atoms with Gasteiger partial charge in [0.15, 0.2) is 0 Å². The van der Waals surface area contributed by atoms with Crippen molar-refractivity contribution < 1.29 is 5.11 Å². The molecule has 1 aromatic heterocycles. The van der Waals surface area contributed by atoms with Crippen LogP contribution in [-0.4, -0.2) is 15.9 Å². The molecule has 1 heterocycles. The highest BCUT2D eigenvalue weighted by Gasteiger charge is 2.16. The Bertz CT molecular complexity index is 1370. The predicted octanol–water partition coefficient (Wildman–Crippen LogP) is 6.37. The number of aryl methyl sites for hydroxylation is 2. The van der Waals surface area contributed by atoms with Crippen LogP contribution in [0.2, 0.25) is 10.0 Å². The second-order valence-corrected chi connectivity index (χ2v) is 7.86. The van der Waals surface area contributed by atoms with Crippen molar-refractivity contribution >= 4 is 45.9 Å². The van der Waals surface area contributed by atoms with E-state index >= 15 is 0 Å². The maximum absolute atomic E-state index is 13.2. The zero-order chi connectivity index (χ0) is 21.4. The van der Waals surface area contributed by atoms with Crippen molar-refractivity contribution in [3.8, 4) is 11.6 Å². The number of aromatic hydroxyl groups is 1. The second kappa shape index (κ2) is 7.98. The van der Waals surface area contributed by atoms with E-state index in [9.17, 15) is 9.90 Å². The van der Waals surface area contributed by atoms with Gasteiger partial charge in [-0.2, -0.15) is 0 Å². The van der Waals surface area contributed by atoms with Crippen LogP contribution in [0.3, 0.4) is 0 Å². The third kappa shape index (κ3) is 3.60. The number of aromatic nitrogens is 1. The molecule has 0 aliphatic heterocycles. The molecule has 3 aromatic carbocycles. The third-order valence-electron chi connectivity index (χ3n) is 5.10. The number of hydrogen-bond donors (Lipinski definition) is 1. The summed E-state index contributed by atoms with van der Waals surface area (Å²) in [5, 5.41) is 13.0. The molecule has 0 radical (unpaired) electrons. The van der Waals surface area contributed by atoms with Crippen LogP contribution in [0, 0.1) is 13.8 Å². The highest BCUT2D eigenvalue weighted by atomic mass is 35.5. The number of pyridine rings is 1. The molecule has 6 heteroatoms. The molecule has 0 spiro atoms. The first-order valence-corrected chi connectivity index (χ1v) is 10.1. The van der Waals surface area contributed by atoms with Gasteiger partial charge in [-0.05, 0) is 61.4 Å². The molecule has 150 valence electrons. The molecule has 0 unspecified atom stereocenters. The van der Waals surface area contributed by atoms with Gasteiger partial charge in [-0.1, -0.05) is 47.5 Å². The number of halogens is 2. The Kier molecular flexibility index (Phi) is 5.37. The normalized spacial score (nSPS) is 11.5. The van der Waals surface area contributed by atoms with E-state index in [0.29, 0.717) is 37.8 Å². The van der Waals surface area contributed by atoms with Gasteiger partial charge >= 0.3 is 0 Å². The Balaban J connectivity index is 1.96. The third-order valence-corrected chi connectivity index (χ3v) is 5.84. The maximum Gasteiger partial charge on any atom is 0.265 e. The summed E-state index contributed by atoms with van der Waals surface area (Å²) in [5.74, 6) is -0.175. The fourth-order valence-electron chi connectivity index (χ4n) is 3.30. The van der Waals surface area contributed by atoms with Gasteiger partial charge in [0, 0.05) is 17.0 Å². The van der Waals surface area contributed by atoms with Crippen LogP contribution in [0.15, 0.2) is 70.5 Å². The lowest BCUT2D eigenvalue weighted by Gasteiger charge is -2.14. The van der Waals surface area contributed by atoms with Crippen LogP contribution in [-0.2, 0) is 0 Å². The molecule has 0 amide bonds. The number of benzene rings is 3. The SMILES string of the molecule is Cc1ccc(-n2c(O)c(C=Nc3ccc(Cl)c(Cl)c3)c3ccccc3c2=O)cc1C. The van der Waals surface area contributed by atoms with E-state index in [1.165, 1.54) is 10.8 Å². The Morgan fingerprint density at radius 2 is 1.63 bits per heavy atom. The van der Waals surface area contributed by atoms with E-state index < -0.39 is 0 Å². The summed E-state index contributed by atoms with van der Waals surface area (Å²) in [6.07, 6.45) is 1.54. The van der Waals surface area contributed by atoms with Crippen molar-refractivity contribution in [2.24, 2.45) is 4.99 Å². The van der Waals surface area contributed by atoms with Gasteiger partial charge in [-0.3, -0.25) is 9.79 Å². The van der Waals surface area contributed by atoms with Crippen molar-refractivity contribution in [2.45, 2.75) is 13.8 Å². The molecule has 4 aromatic rings. The molecular formula is C24H18Cl2N2O2. The number of rotatable bonds is 3. The minimum absolute atomic E-state index is 0.175. The first kappa shape index (κ1) is 20.2. The zero-order valence-corrected chi connectivity index (χ0v) is 17.9. The standard InChI is InChI=1S/C24H18Cl2N2O2/c1-14-7-9-17(11-15(14)2)28-23(29)19-6-4-3-5-18(19)20(24(28)30)13-27-16-8-10-21(25)22(26)12-16/h3-13,30H,1-2H3. The largest absolute Gasteiger partial charge is 0.494 e. The monoisotopic (exact) mass is 436 g/mol. The summed E-state index contributed by atoms with van der Waals surface area (Å²) >= 11 is 12.0. The Hall–Kier alpha value is -3.08. The predicted molar refractivity (Wildman–Crippen MR) is 124 cm³/mol. The molecule has 0 aliphatic carbocycles. The van der Waals surface area contributed by atoms with Crippen molar-refractivity contribution in [2.75, 3.05) is 0 Å². The molecule has 0 saturated heterocycles. The Morgan fingerprint density at radius 3 is 2.33 bits per heavy atom. The topological polar surface area (TPSA) is 54.6 Å². The maximum atomic E-state index is 13.2. The smallest absolute Gasteiger partial charge is 0.265 e. The Labute approximate surface area is 183 Å². The number of aliphatic imine (C=N–C) groups is 1. The summed E-state index contributed by atoms with van der Waals surface area (Å²) < 4.78 is 1.31. The summed E-state index contributed by atoms with van der Waals surface area (Å²) in [5.41, 5.74) is 3.45. The minimum atomic E-state index is -0.293.